The van der Waals surface area contributed by atoms with Crippen molar-refractivity contribution in [3.8, 4) is 0 Å². The fraction of sp³-hybridized carbons (Fsp3) is 0.643. The van der Waals surface area contributed by atoms with Crippen LogP contribution in [0.3, 0.4) is 0 Å². The highest BCUT2D eigenvalue weighted by atomic mass is 16.4. The Morgan fingerprint density at radius 1 is 1.20 bits per heavy atom. The van der Waals surface area contributed by atoms with E-state index in [9.17, 15) is 9.90 Å². The van der Waals surface area contributed by atoms with Crippen LogP contribution in [0.5, 0.6) is 0 Å². The molecule has 1 aliphatic heterocycles. The second-order valence-electron chi connectivity index (χ2n) is 5.53. The van der Waals surface area contributed by atoms with Gasteiger partial charge in [0.15, 0.2) is 5.82 Å². The molecule has 1 aromatic heterocycles. The maximum Gasteiger partial charge on any atom is 0.339 e. The Balaban J connectivity index is 1.67. The number of carboxylic acids is 1. The highest BCUT2D eigenvalue weighted by Gasteiger charge is 2.28. The Morgan fingerprint density at radius 2 is 1.90 bits per heavy atom. The molecule has 0 unspecified atom stereocenters. The summed E-state index contributed by atoms with van der Waals surface area (Å²) >= 11 is 0. The lowest BCUT2D eigenvalue weighted by Crippen LogP contribution is -2.50. The summed E-state index contributed by atoms with van der Waals surface area (Å²) in [7, 11) is 0. The van der Waals surface area contributed by atoms with E-state index in [1.807, 2.05) is 4.90 Å². The Morgan fingerprint density at radius 3 is 2.55 bits per heavy atom. The first-order chi connectivity index (χ1) is 9.75. The van der Waals surface area contributed by atoms with Crippen molar-refractivity contribution in [3.63, 3.8) is 0 Å². The van der Waals surface area contributed by atoms with Crippen LogP contribution in [0.2, 0.25) is 0 Å². The second-order valence-corrected chi connectivity index (χ2v) is 5.53. The van der Waals surface area contributed by atoms with Crippen molar-refractivity contribution in [1.82, 2.24) is 15.1 Å². The van der Waals surface area contributed by atoms with Gasteiger partial charge in [0.05, 0.1) is 6.20 Å². The van der Waals surface area contributed by atoms with Gasteiger partial charge in [-0.3, -0.25) is 4.90 Å². The lowest BCUT2D eigenvalue weighted by molar-refractivity contribution is 0.0696. The number of carboxylic acid groups (broad SMARTS) is 1. The molecule has 0 aromatic carbocycles. The van der Waals surface area contributed by atoms with Crippen LogP contribution in [0.15, 0.2) is 12.3 Å². The van der Waals surface area contributed by atoms with Crippen LogP contribution in [0.4, 0.5) is 5.82 Å². The first kappa shape index (κ1) is 13.3. The molecule has 20 heavy (non-hydrogen) atoms. The summed E-state index contributed by atoms with van der Waals surface area (Å²) in [6.07, 6.45) is 6.75. The number of rotatable bonds is 3. The van der Waals surface area contributed by atoms with Crippen molar-refractivity contribution in [2.45, 2.75) is 31.7 Å². The van der Waals surface area contributed by atoms with Crippen LogP contribution in [0.25, 0.3) is 0 Å². The Kier molecular flexibility index (Phi) is 3.82. The zero-order chi connectivity index (χ0) is 13.9. The Hall–Kier alpha value is -1.69. The van der Waals surface area contributed by atoms with Gasteiger partial charge in [-0.05, 0) is 18.9 Å². The molecule has 3 rings (SSSR count). The molecule has 0 spiro atoms. The third-order valence-electron chi connectivity index (χ3n) is 4.39. The summed E-state index contributed by atoms with van der Waals surface area (Å²) in [6.45, 7) is 3.63. The van der Waals surface area contributed by atoms with Crippen LogP contribution >= 0.6 is 0 Å². The molecule has 1 N–H and O–H groups in total. The molecule has 108 valence electrons. The minimum atomic E-state index is -0.937. The third-order valence-corrected chi connectivity index (χ3v) is 4.39. The highest BCUT2D eigenvalue weighted by Crippen LogP contribution is 2.25. The van der Waals surface area contributed by atoms with Crippen molar-refractivity contribution in [2.75, 3.05) is 31.1 Å². The molecule has 0 radical (unpaired) electrons. The van der Waals surface area contributed by atoms with Gasteiger partial charge in [0.2, 0.25) is 0 Å². The summed E-state index contributed by atoms with van der Waals surface area (Å²) in [6, 6.07) is 2.26. The van der Waals surface area contributed by atoms with Gasteiger partial charge in [-0.1, -0.05) is 12.8 Å². The minimum Gasteiger partial charge on any atom is -0.478 e. The topological polar surface area (TPSA) is 69.6 Å². The summed E-state index contributed by atoms with van der Waals surface area (Å²) < 4.78 is 0. The van der Waals surface area contributed by atoms with Gasteiger partial charge in [-0.2, -0.15) is 5.10 Å². The van der Waals surface area contributed by atoms with E-state index in [1.54, 1.807) is 0 Å². The average Bonchev–Trinajstić information content (AvgIpc) is 3.02. The maximum absolute atomic E-state index is 11.2. The van der Waals surface area contributed by atoms with Crippen molar-refractivity contribution >= 4 is 11.8 Å². The summed E-state index contributed by atoms with van der Waals surface area (Å²) in [5.41, 5.74) is 0.245. The average molecular weight is 276 g/mol. The molecule has 2 aliphatic rings. The van der Waals surface area contributed by atoms with Gasteiger partial charge >= 0.3 is 5.97 Å². The molecule has 6 heteroatoms. The fourth-order valence-corrected chi connectivity index (χ4v) is 3.29. The van der Waals surface area contributed by atoms with Crippen molar-refractivity contribution in [3.05, 3.63) is 17.8 Å². The lowest BCUT2D eigenvalue weighted by Gasteiger charge is -2.38. The largest absolute Gasteiger partial charge is 0.478 e. The van der Waals surface area contributed by atoms with Crippen molar-refractivity contribution < 1.29 is 9.90 Å². The van der Waals surface area contributed by atoms with Gasteiger partial charge in [-0.25, -0.2) is 4.79 Å². The number of hydrogen-bond acceptors (Lipinski definition) is 5. The normalized spacial score (nSPS) is 21.3. The van der Waals surface area contributed by atoms with E-state index in [0.717, 1.165) is 32.2 Å². The van der Waals surface area contributed by atoms with Crippen LogP contribution in [-0.2, 0) is 0 Å². The monoisotopic (exact) mass is 276 g/mol. The molecule has 6 nitrogen and oxygen atoms in total. The van der Waals surface area contributed by atoms with E-state index in [2.05, 4.69) is 15.1 Å². The van der Waals surface area contributed by atoms with Crippen LogP contribution in [0.1, 0.15) is 36.0 Å². The minimum absolute atomic E-state index is 0.245. The quantitative estimate of drug-likeness (QED) is 0.895. The Labute approximate surface area is 118 Å². The number of carbonyl (C=O) groups is 1. The van der Waals surface area contributed by atoms with E-state index >= 15 is 0 Å². The van der Waals surface area contributed by atoms with Crippen LogP contribution < -0.4 is 4.90 Å². The number of aromatic carboxylic acids is 1. The molecular weight excluding hydrogens is 256 g/mol. The summed E-state index contributed by atoms with van der Waals surface area (Å²) in [5.74, 6) is -0.431. The van der Waals surface area contributed by atoms with Crippen LogP contribution in [-0.4, -0.2) is 58.4 Å². The Bertz CT molecular complexity index is 480. The van der Waals surface area contributed by atoms with Gasteiger partial charge in [0.25, 0.3) is 0 Å². The third kappa shape index (κ3) is 2.60. The number of aromatic nitrogens is 2. The molecule has 1 aliphatic carbocycles. The molecule has 1 saturated heterocycles. The molecule has 2 fully saturated rings. The predicted octanol–water partition coefficient (Wildman–Crippen LogP) is 1.24. The number of piperazine rings is 1. The van der Waals surface area contributed by atoms with E-state index in [1.165, 1.54) is 37.9 Å². The zero-order valence-corrected chi connectivity index (χ0v) is 11.5. The molecule has 1 saturated carbocycles. The number of anilines is 1. The first-order valence-corrected chi connectivity index (χ1v) is 7.29. The van der Waals surface area contributed by atoms with Gasteiger partial charge in [-0.15, -0.1) is 5.10 Å². The molecule has 0 amide bonds. The van der Waals surface area contributed by atoms with E-state index in [4.69, 9.17) is 0 Å². The van der Waals surface area contributed by atoms with E-state index in [0.29, 0.717) is 5.82 Å². The highest BCUT2D eigenvalue weighted by molar-refractivity contribution is 5.93. The van der Waals surface area contributed by atoms with Gasteiger partial charge in [0, 0.05) is 32.2 Å². The number of nitrogens with zero attached hydrogens (tertiary/aromatic N) is 4. The number of hydrogen-bond donors (Lipinski definition) is 1. The smallest absolute Gasteiger partial charge is 0.339 e. The molecule has 2 heterocycles. The SMILES string of the molecule is O=C(O)c1ccnnc1N1CCN(C2CCCC2)CC1. The van der Waals surface area contributed by atoms with Crippen LogP contribution in [0, 0.1) is 0 Å². The van der Waals surface area contributed by atoms with Crippen molar-refractivity contribution in [1.29, 1.82) is 0 Å². The molecule has 1 aromatic rings. The van der Waals surface area contributed by atoms with E-state index < -0.39 is 5.97 Å². The lowest BCUT2D eigenvalue weighted by atomic mass is 10.1. The van der Waals surface area contributed by atoms with E-state index in [-0.39, 0.29) is 5.56 Å². The second kappa shape index (κ2) is 5.75. The van der Waals surface area contributed by atoms with Gasteiger partial charge in [0.1, 0.15) is 5.56 Å². The van der Waals surface area contributed by atoms with Gasteiger partial charge < -0.3 is 10.0 Å². The first-order valence-electron chi connectivity index (χ1n) is 7.29. The molecule has 0 bridgehead atoms. The van der Waals surface area contributed by atoms with Crippen molar-refractivity contribution in [2.24, 2.45) is 0 Å². The maximum atomic E-state index is 11.2. The summed E-state index contributed by atoms with van der Waals surface area (Å²) in [4.78, 5) is 15.8. The zero-order valence-electron chi connectivity index (χ0n) is 11.5. The fourth-order valence-electron chi connectivity index (χ4n) is 3.29. The standard InChI is InChI=1S/C14H20N4O2/c19-14(20)12-5-6-15-16-13(12)18-9-7-17(8-10-18)11-3-1-2-4-11/h5-6,11H,1-4,7-10H2,(H,19,20). The summed E-state index contributed by atoms with van der Waals surface area (Å²) in [5, 5.41) is 17.1. The molecule has 0 atom stereocenters. The predicted molar refractivity (Wildman–Crippen MR) is 75.0 cm³/mol. The molecular formula is C14H20N4O2.